The highest BCUT2D eigenvalue weighted by Gasteiger charge is 2.42. The van der Waals surface area contributed by atoms with Crippen LogP contribution >= 0.6 is 15.9 Å². The molecule has 1 fully saturated rings. The number of nitrogens with two attached hydrogens (primary N) is 1. The molecule has 0 saturated heterocycles. The summed E-state index contributed by atoms with van der Waals surface area (Å²) >= 11 is 3.40. The van der Waals surface area contributed by atoms with Crippen LogP contribution in [0.25, 0.3) is 0 Å². The van der Waals surface area contributed by atoms with Crippen LogP contribution in [0.4, 0.5) is 0 Å². The fraction of sp³-hybridized carbons (Fsp3) is 0.500. The Morgan fingerprint density at radius 1 is 1.27 bits per heavy atom. The fourth-order valence-corrected chi connectivity index (χ4v) is 1.98. The first-order valence-electron chi connectivity index (χ1n) is 5.33. The fourth-order valence-electron chi connectivity index (χ4n) is 1.72. The number of benzene rings is 1. The van der Waals surface area contributed by atoms with Crippen LogP contribution in [-0.2, 0) is 0 Å². The number of halogens is 1. The van der Waals surface area contributed by atoms with Crippen LogP contribution in [0.2, 0.25) is 0 Å². The summed E-state index contributed by atoms with van der Waals surface area (Å²) in [4.78, 5) is 0. The van der Waals surface area contributed by atoms with E-state index in [1.165, 1.54) is 12.8 Å². The van der Waals surface area contributed by atoms with Gasteiger partial charge in [-0.15, -0.1) is 0 Å². The molecule has 2 N–H and O–H groups in total. The third-order valence-electron chi connectivity index (χ3n) is 2.99. The van der Waals surface area contributed by atoms with Crippen LogP contribution in [0.3, 0.4) is 0 Å². The molecule has 3 heteroatoms. The molecule has 0 spiro atoms. The van der Waals surface area contributed by atoms with Gasteiger partial charge in [0.1, 0.15) is 5.75 Å². The maximum absolute atomic E-state index is 5.76. The summed E-state index contributed by atoms with van der Waals surface area (Å²) in [6.07, 6.45) is 3.62. The minimum Gasteiger partial charge on any atom is -0.493 e. The molecule has 0 unspecified atom stereocenters. The van der Waals surface area contributed by atoms with Crippen molar-refractivity contribution >= 4 is 15.9 Å². The van der Waals surface area contributed by atoms with E-state index in [1.54, 1.807) is 0 Å². The molecule has 1 aromatic rings. The van der Waals surface area contributed by atoms with Crippen molar-refractivity contribution in [2.45, 2.75) is 19.3 Å². The van der Waals surface area contributed by atoms with Crippen molar-refractivity contribution in [1.82, 2.24) is 0 Å². The van der Waals surface area contributed by atoms with Gasteiger partial charge >= 0.3 is 0 Å². The molecular formula is C12H16BrNO. The lowest BCUT2D eigenvalue weighted by Crippen LogP contribution is -2.17. The van der Waals surface area contributed by atoms with Gasteiger partial charge in [0.05, 0.1) is 6.61 Å². The minimum atomic E-state index is 0.391. The summed E-state index contributed by atoms with van der Waals surface area (Å²) in [5.41, 5.74) is 5.97. The van der Waals surface area contributed by atoms with Gasteiger partial charge in [-0.1, -0.05) is 15.9 Å². The topological polar surface area (TPSA) is 35.2 Å². The molecule has 2 rings (SSSR count). The zero-order valence-electron chi connectivity index (χ0n) is 8.71. The second-order valence-corrected chi connectivity index (χ2v) is 5.20. The largest absolute Gasteiger partial charge is 0.493 e. The van der Waals surface area contributed by atoms with E-state index in [2.05, 4.69) is 15.9 Å². The van der Waals surface area contributed by atoms with Gasteiger partial charge in [0.25, 0.3) is 0 Å². The van der Waals surface area contributed by atoms with Crippen LogP contribution in [-0.4, -0.2) is 13.2 Å². The van der Waals surface area contributed by atoms with Crippen molar-refractivity contribution in [1.29, 1.82) is 0 Å². The molecule has 0 bridgehead atoms. The van der Waals surface area contributed by atoms with Crippen molar-refractivity contribution in [2.24, 2.45) is 11.1 Å². The summed E-state index contributed by atoms with van der Waals surface area (Å²) in [6, 6.07) is 7.97. The lowest BCUT2D eigenvalue weighted by molar-refractivity contribution is 0.227. The van der Waals surface area contributed by atoms with Gasteiger partial charge in [0.15, 0.2) is 0 Å². The summed E-state index contributed by atoms with van der Waals surface area (Å²) < 4.78 is 6.85. The van der Waals surface area contributed by atoms with Gasteiger partial charge < -0.3 is 10.5 Å². The Labute approximate surface area is 98.9 Å². The zero-order valence-corrected chi connectivity index (χ0v) is 10.3. The van der Waals surface area contributed by atoms with Crippen LogP contribution in [0, 0.1) is 5.41 Å². The second kappa shape index (κ2) is 4.54. The average molecular weight is 270 g/mol. The average Bonchev–Trinajstić information content (AvgIpc) is 2.99. The summed E-state index contributed by atoms with van der Waals surface area (Å²) in [5.74, 6) is 0.946. The second-order valence-electron chi connectivity index (χ2n) is 4.28. The first-order chi connectivity index (χ1) is 7.24. The standard InChI is InChI=1S/C12H16BrNO/c13-10-1-3-11(4-2-10)15-9-12(5-6-12)7-8-14/h1-4H,5-9,14H2. The normalized spacial score (nSPS) is 17.5. The Balaban J connectivity index is 1.85. The molecule has 82 valence electrons. The predicted molar refractivity (Wildman–Crippen MR) is 65.0 cm³/mol. The van der Waals surface area contributed by atoms with Gasteiger partial charge in [-0.05, 0) is 50.1 Å². The lowest BCUT2D eigenvalue weighted by Gasteiger charge is -2.15. The van der Waals surface area contributed by atoms with E-state index in [1.807, 2.05) is 24.3 Å². The molecule has 0 aromatic heterocycles. The molecule has 0 amide bonds. The Morgan fingerprint density at radius 3 is 2.47 bits per heavy atom. The highest BCUT2D eigenvalue weighted by molar-refractivity contribution is 9.10. The molecule has 15 heavy (non-hydrogen) atoms. The van der Waals surface area contributed by atoms with Gasteiger partial charge in [-0.25, -0.2) is 0 Å². The minimum absolute atomic E-state index is 0.391. The molecule has 0 atom stereocenters. The summed E-state index contributed by atoms with van der Waals surface area (Å²) in [6.45, 7) is 1.58. The van der Waals surface area contributed by atoms with E-state index >= 15 is 0 Å². The van der Waals surface area contributed by atoms with Crippen molar-refractivity contribution in [2.75, 3.05) is 13.2 Å². The van der Waals surface area contributed by atoms with Crippen LogP contribution in [0.15, 0.2) is 28.7 Å². The van der Waals surface area contributed by atoms with Gasteiger partial charge in [-0.3, -0.25) is 0 Å². The van der Waals surface area contributed by atoms with Crippen LogP contribution < -0.4 is 10.5 Å². The molecular weight excluding hydrogens is 254 g/mol. The van der Waals surface area contributed by atoms with Crippen molar-refractivity contribution in [3.8, 4) is 5.75 Å². The van der Waals surface area contributed by atoms with E-state index in [0.29, 0.717) is 5.41 Å². The Hall–Kier alpha value is -0.540. The molecule has 1 aliphatic carbocycles. The van der Waals surface area contributed by atoms with E-state index in [4.69, 9.17) is 10.5 Å². The zero-order chi connectivity index (χ0) is 10.7. The Bertz CT molecular complexity index is 319. The third-order valence-corrected chi connectivity index (χ3v) is 3.52. The molecule has 0 aliphatic heterocycles. The number of hydrogen-bond acceptors (Lipinski definition) is 2. The van der Waals surface area contributed by atoms with Gasteiger partial charge in [0, 0.05) is 9.89 Å². The monoisotopic (exact) mass is 269 g/mol. The van der Waals surface area contributed by atoms with Gasteiger partial charge in [-0.2, -0.15) is 0 Å². The maximum Gasteiger partial charge on any atom is 0.119 e. The van der Waals surface area contributed by atoms with Crippen molar-refractivity contribution < 1.29 is 4.74 Å². The molecule has 1 aromatic carbocycles. The number of rotatable bonds is 5. The van der Waals surface area contributed by atoms with E-state index in [9.17, 15) is 0 Å². The van der Waals surface area contributed by atoms with E-state index in [-0.39, 0.29) is 0 Å². The van der Waals surface area contributed by atoms with E-state index < -0.39 is 0 Å². The summed E-state index contributed by atoms with van der Waals surface area (Å²) in [7, 11) is 0. The van der Waals surface area contributed by atoms with E-state index in [0.717, 1.165) is 29.8 Å². The highest BCUT2D eigenvalue weighted by Crippen LogP contribution is 2.48. The van der Waals surface area contributed by atoms with Crippen LogP contribution in [0.5, 0.6) is 5.75 Å². The summed E-state index contributed by atoms with van der Waals surface area (Å²) in [5, 5.41) is 0. The van der Waals surface area contributed by atoms with Gasteiger partial charge in [0.2, 0.25) is 0 Å². The first-order valence-corrected chi connectivity index (χ1v) is 6.12. The first kappa shape index (κ1) is 11.0. The predicted octanol–water partition coefficient (Wildman–Crippen LogP) is 2.96. The number of hydrogen-bond donors (Lipinski definition) is 1. The SMILES string of the molecule is NCCC1(COc2ccc(Br)cc2)CC1. The molecule has 1 aliphatic rings. The maximum atomic E-state index is 5.76. The molecule has 0 radical (unpaired) electrons. The Kier molecular flexibility index (Phi) is 3.32. The highest BCUT2D eigenvalue weighted by atomic mass is 79.9. The quantitative estimate of drug-likeness (QED) is 0.892. The van der Waals surface area contributed by atoms with Crippen molar-refractivity contribution in [3.05, 3.63) is 28.7 Å². The smallest absolute Gasteiger partial charge is 0.119 e. The Morgan fingerprint density at radius 2 is 1.93 bits per heavy atom. The molecule has 2 nitrogen and oxygen atoms in total. The van der Waals surface area contributed by atoms with Crippen LogP contribution in [0.1, 0.15) is 19.3 Å². The molecule has 1 saturated carbocycles. The number of ether oxygens (including phenoxy) is 1. The van der Waals surface area contributed by atoms with Crippen molar-refractivity contribution in [3.63, 3.8) is 0 Å². The third kappa shape index (κ3) is 2.95. The lowest BCUT2D eigenvalue weighted by atomic mass is 10.0. The molecule has 0 heterocycles.